The lowest BCUT2D eigenvalue weighted by molar-refractivity contribution is -0.122. The fraction of sp³-hybridized carbons (Fsp3) is 0.321. The van der Waals surface area contributed by atoms with Crippen molar-refractivity contribution in [2.75, 3.05) is 42.5 Å². The van der Waals surface area contributed by atoms with E-state index in [1.807, 2.05) is 47.4 Å². The summed E-state index contributed by atoms with van der Waals surface area (Å²) in [4.78, 5) is 55.7. The van der Waals surface area contributed by atoms with Crippen molar-refractivity contribution in [2.45, 2.75) is 25.4 Å². The van der Waals surface area contributed by atoms with Crippen molar-refractivity contribution in [3.8, 4) is 0 Å². The van der Waals surface area contributed by atoms with Gasteiger partial charge < -0.3 is 19.6 Å². The Bertz CT molecular complexity index is 1320. The Hall–Kier alpha value is -4.27. The van der Waals surface area contributed by atoms with Crippen LogP contribution in [0.5, 0.6) is 0 Å². The SMILES string of the molecule is O=C(c1ccc(CN2C(=O)[C@H]3CCCN3C(=O)c3ccccc32)cc1)N1CCN(c2ncccn2)CC1. The molecule has 37 heavy (non-hydrogen) atoms. The van der Waals surface area contributed by atoms with E-state index in [4.69, 9.17) is 0 Å². The van der Waals surface area contributed by atoms with Gasteiger partial charge >= 0.3 is 0 Å². The van der Waals surface area contributed by atoms with Gasteiger partial charge in [0.05, 0.1) is 17.8 Å². The fourth-order valence-corrected chi connectivity index (χ4v) is 5.45. The van der Waals surface area contributed by atoms with Crippen molar-refractivity contribution < 1.29 is 14.4 Å². The first-order chi connectivity index (χ1) is 18.1. The van der Waals surface area contributed by atoms with Gasteiger partial charge in [0.25, 0.3) is 11.8 Å². The third kappa shape index (κ3) is 4.30. The molecule has 0 spiro atoms. The van der Waals surface area contributed by atoms with Crippen LogP contribution < -0.4 is 9.80 Å². The third-order valence-electron chi connectivity index (χ3n) is 7.43. The molecule has 6 rings (SSSR count). The molecule has 0 unspecified atom stereocenters. The number of nitrogens with zero attached hydrogens (tertiary/aromatic N) is 6. The molecule has 3 aliphatic heterocycles. The number of aromatic nitrogens is 2. The highest BCUT2D eigenvalue weighted by Gasteiger charge is 2.41. The Morgan fingerprint density at radius 3 is 2.35 bits per heavy atom. The summed E-state index contributed by atoms with van der Waals surface area (Å²) in [6, 6.07) is 16.1. The van der Waals surface area contributed by atoms with Gasteiger partial charge in [-0.3, -0.25) is 14.4 Å². The molecule has 4 heterocycles. The molecule has 9 heteroatoms. The van der Waals surface area contributed by atoms with Crippen LogP contribution in [-0.2, 0) is 11.3 Å². The summed E-state index contributed by atoms with van der Waals surface area (Å²) < 4.78 is 0. The normalized spacial score (nSPS) is 19.5. The minimum absolute atomic E-state index is 0.0106. The average molecular weight is 497 g/mol. The Labute approximate surface area is 215 Å². The summed E-state index contributed by atoms with van der Waals surface area (Å²) in [6.07, 6.45) is 4.97. The first-order valence-corrected chi connectivity index (χ1v) is 12.7. The van der Waals surface area contributed by atoms with Gasteiger partial charge in [0, 0.05) is 50.7 Å². The van der Waals surface area contributed by atoms with E-state index in [1.54, 1.807) is 34.3 Å². The molecule has 3 aliphatic rings. The first kappa shape index (κ1) is 23.1. The highest BCUT2D eigenvalue weighted by molar-refractivity contribution is 6.11. The minimum Gasteiger partial charge on any atom is -0.337 e. The topological polar surface area (TPSA) is 90.0 Å². The third-order valence-corrected chi connectivity index (χ3v) is 7.43. The Morgan fingerprint density at radius 1 is 0.865 bits per heavy atom. The lowest BCUT2D eigenvalue weighted by Gasteiger charge is -2.34. The van der Waals surface area contributed by atoms with E-state index in [9.17, 15) is 14.4 Å². The number of carbonyl (C=O) groups excluding carboxylic acids is 3. The molecule has 9 nitrogen and oxygen atoms in total. The smallest absolute Gasteiger partial charge is 0.256 e. The summed E-state index contributed by atoms with van der Waals surface area (Å²) in [5.74, 6) is 0.555. The predicted molar refractivity (Wildman–Crippen MR) is 138 cm³/mol. The van der Waals surface area contributed by atoms with Gasteiger partial charge in [-0.15, -0.1) is 0 Å². The van der Waals surface area contributed by atoms with Crippen LogP contribution in [0.2, 0.25) is 0 Å². The number of hydrogen-bond donors (Lipinski definition) is 0. The van der Waals surface area contributed by atoms with E-state index in [-0.39, 0.29) is 17.7 Å². The molecular weight excluding hydrogens is 468 g/mol. The molecule has 188 valence electrons. The van der Waals surface area contributed by atoms with Crippen LogP contribution in [0.15, 0.2) is 67.0 Å². The van der Waals surface area contributed by atoms with Gasteiger partial charge in [0.2, 0.25) is 11.9 Å². The van der Waals surface area contributed by atoms with Crippen LogP contribution in [0.3, 0.4) is 0 Å². The number of para-hydroxylation sites is 1. The van der Waals surface area contributed by atoms with Crippen LogP contribution in [0, 0.1) is 0 Å². The molecule has 1 aromatic heterocycles. The monoisotopic (exact) mass is 496 g/mol. The van der Waals surface area contributed by atoms with Crippen LogP contribution in [0.1, 0.15) is 39.1 Å². The van der Waals surface area contributed by atoms with Crippen molar-refractivity contribution >= 4 is 29.4 Å². The maximum atomic E-state index is 13.5. The summed E-state index contributed by atoms with van der Waals surface area (Å²) in [5, 5.41) is 0. The predicted octanol–water partition coefficient (Wildman–Crippen LogP) is 2.59. The molecule has 0 N–H and O–H groups in total. The molecule has 3 aromatic rings. The maximum Gasteiger partial charge on any atom is 0.256 e. The molecule has 1 atom stereocenters. The highest BCUT2D eigenvalue weighted by Crippen LogP contribution is 2.33. The summed E-state index contributed by atoms with van der Waals surface area (Å²) in [7, 11) is 0. The molecule has 3 amide bonds. The number of benzene rings is 2. The second-order valence-electron chi connectivity index (χ2n) is 9.62. The van der Waals surface area contributed by atoms with Gasteiger partial charge in [0.15, 0.2) is 0 Å². The Kier molecular flexibility index (Phi) is 6.04. The van der Waals surface area contributed by atoms with Gasteiger partial charge in [-0.2, -0.15) is 0 Å². The van der Waals surface area contributed by atoms with Gasteiger partial charge in [-0.1, -0.05) is 24.3 Å². The standard InChI is InChI=1S/C28H28N6O3/c35-25(31-15-17-32(18-16-31)28-29-12-4-13-30-28)21-10-8-20(9-11-21)19-34-23-6-2-1-5-22(23)26(36)33-14-3-7-24(33)27(34)37/h1-2,4-6,8-13,24H,3,7,14-19H2/t24-/m1/s1. The highest BCUT2D eigenvalue weighted by atomic mass is 16.2. The number of hydrogen-bond acceptors (Lipinski definition) is 6. The molecule has 2 aromatic carbocycles. The van der Waals surface area contributed by atoms with E-state index < -0.39 is 6.04 Å². The van der Waals surface area contributed by atoms with Crippen molar-refractivity contribution in [3.05, 3.63) is 83.7 Å². The van der Waals surface area contributed by atoms with Crippen molar-refractivity contribution in [1.29, 1.82) is 0 Å². The average Bonchev–Trinajstić information content (AvgIpc) is 3.43. The summed E-state index contributed by atoms with van der Waals surface area (Å²) in [6.45, 7) is 3.52. The van der Waals surface area contributed by atoms with E-state index in [0.717, 1.165) is 12.0 Å². The minimum atomic E-state index is -0.416. The van der Waals surface area contributed by atoms with Crippen LogP contribution >= 0.6 is 0 Å². The largest absolute Gasteiger partial charge is 0.337 e. The number of rotatable bonds is 4. The van der Waals surface area contributed by atoms with E-state index >= 15 is 0 Å². The van der Waals surface area contributed by atoms with Crippen molar-refractivity contribution in [1.82, 2.24) is 19.8 Å². The molecular formula is C28H28N6O3. The van der Waals surface area contributed by atoms with Crippen LogP contribution in [0.4, 0.5) is 11.6 Å². The number of anilines is 2. The quantitative estimate of drug-likeness (QED) is 0.552. The molecule has 2 fully saturated rings. The molecule has 0 saturated carbocycles. The summed E-state index contributed by atoms with van der Waals surface area (Å²) in [5.41, 5.74) is 2.73. The Morgan fingerprint density at radius 2 is 1.59 bits per heavy atom. The van der Waals surface area contributed by atoms with Crippen molar-refractivity contribution in [2.24, 2.45) is 0 Å². The molecule has 2 saturated heterocycles. The number of fused-ring (bicyclic) bond motifs is 2. The second kappa shape index (κ2) is 9.65. The molecule has 0 aliphatic carbocycles. The number of carbonyl (C=O) groups is 3. The fourth-order valence-electron chi connectivity index (χ4n) is 5.45. The summed E-state index contributed by atoms with van der Waals surface area (Å²) >= 11 is 0. The first-order valence-electron chi connectivity index (χ1n) is 12.7. The lowest BCUT2D eigenvalue weighted by Crippen LogP contribution is -2.49. The van der Waals surface area contributed by atoms with Gasteiger partial charge in [-0.25, -0.2) is 9.97 Å². The van der Waals surface area contributed by atoms with Gasteiger partial charge in [0.1, 0.15) is 6.04 Å². The van der Waals surface area contributed by atoms with Crippen LogP contribution in [-0.4, -0.2) is 76.3 Å². The van der Waals surface area contributed by atoms with E-state index in [0.29, 0.717) is 68.5 Å². The van der Waals surface area contributed by atoms with Crippen molar-refractivity contribution in [3.63, 3.8) is 0 Å². The zero-order valence-electron chi connectivity index (χ0n) is 20.5. The maximum absolute atomic E-state index is 13.5. The lowest BCUT2D eigenvalue weighted by atomic mass is 10.1. The zero-order valence-corrected chi connectivity index (χ0v) is 20.5. The van der Waals surface area contributed by atoms with E-state index in [1.165, 1.54) is 0 Å². The van der Waals surface area contributed by atoms with Crippen LogP contribution in [0.25, 0.3) is 0 Å². The zero-order chi connectivity index (χ0) is 25.4. The molecule has 0 bridgehead atoms. The van der Waals surface area contributed by atoms with Gasteiger partial charge in [-0.05, 0) is 48.7 Å². The number of amides is 3. The Balaban J connectivity index is 1.16. The number of piperazine rings is 1. The molecule has 0 radical (unpaired) electrons. The van der Waals surface area contributed by atoms with E-state index in [2.05, 4.69) is 14.9 Å². The second-order valence-corrected chi connectivity index (χ2v) is 9.62.